The highest BCUT2D eigenvalue weighted by molar-refractivity contribution is 5.76. The van der Waals surface area contributed by atoms with Crippen molar-refractivity contribution in [1.29, 1.82) is 0 Å². The van der Waals surface area contributed by atoms with Gasteiger partial charge in [0, 0.05) is 6.04 Å². The van der Waals surface area contributed by atoms with E-state index in [2.05, 4.69) is 44.4 Å². The molecule has 122 valence electrons. The van der Waals surface area contributed by atoms with Gasteiger partial charge in [-0.3, -0.25) is 4.79 Å². The molecule has 0 spiro atoms. The van der Waals surface area contributed by atoms with Gasteiger partial charge in [0.1, 0.15) is 5.75 Å². The standard InChI is InChI=1S/C18H28N2O2/c1-12-9-13(2)15(4)17(10-12)22-8-6-18(21)20-16-5-7-19-11-14(16)3/h9-10,14,16,19H,5-8,11H2,1-4H3,(H,20,21). The van der Waals surface area contributed by atoms with Gasteiger partial charge >= 0.3 is 0 Å². The lowest BCUT2D eigenvalue weighted by Crippen LogP contribution is -2.48. The van der Waals surface area contributed by atoms with Crippen LogP contribution < -0.4 is 15.4 Å². The summed E-state index contributed by atoms with van der Waals surface area (Å²) in [5, 5.41) is 6.48. The van der Waals surface area contributed by atoms with Crippen molar-refractivity contribution in [2.75, 3.05) is 19.7 Å². The number of carbonyl (C=O) groups is 1. The molecule has 1 aliphatic heterocycles. The molecule has 1 aromatic carbocycles. The minimum atomic E-state index is 0.0841. The van der Waals surface area contributed by atoms with Crippen LogP contribution in [-0.2, 0) is 4.79 Å². The van der Waals surface area contributed by atoms with Crippen LogP contribution >= 0.6 is 0 Å². The fourth-order valence-electron chi connectivity index (χ4n) is 2.91. The highest BCUT2D eigenvalue weighted by Gasteiger charge is 2.22. The lowest BCUT2D eigenvalue weighted by Gasteiger charge is -2.30. The molecule has 2 rings (SSSR count). The van der Waals surface area contributed by atoms with Gasteiger partial charge in [0.2, 0.25) is 5.91 Å². The largest absolute Gasteiger partial charge is 0.493 e. The molecule has 1 amide bonds. The van der Waals surface area contributed by atoms with Gasteiger partial charge in [0.05, 0.1) is 13.0 Å². The molecule has 2 N–H and O–H groups in total. The minimum Gasteiger partial charge on any atom is -0.493 e. The molecular weight excluding hydrogens is 276 g/mol. The first-order chi connectivity index (χ1) is 10.5. The first-order valence-electron chi connectivity index (χ1n) is 8.18. The van der Waals surface area contributed by atoms with E-state index in [1.807, 2.05) is 6.07 Å². The van der Waals surface area contributed by atoms with Gasteiger partial charge in [0.15, 0.2) is 0 Å². The van der Waals surface area contributed by atoms with Gasteiger partial charge in [0.25, 0.3) is 0 Å². The average molecular weight is 304 g/mol. The maximum atomic E-state index is 12.1. The van der Waals surface area contributed by atoms with E-state index in [4.69, 9.17) is 4.74 Å². The molecule has 0 aliphatic carbocycles. The van der Waals surface area contributed by atoms with Crippen molar-refractivity contribution < 1.29 is 9.53 Å². The van der Waals surface area contributed by atoms with Crippen molar-refractivity contribution in [2.45, 2.75) is 46.6 Å². The van der Waals surface area contributed by atoms with E-state index in [0.717, 1.165) is 30.8 Å². The van der Waals surface area contributed by atoms with Gasteiger partial charge < -0.3 is 15.4 Å². The summed E-state index contributed by atoms with van der Waals surface area (Å²) in [5.74, 6) is 1.46. The Morgan fingerprint density at radius 3 is 2.86 bits per heavy atom. The quantitative estimate of drug-likeness (QED) is 0.879. The number of amides is 1. The Morgan fingerprint density at radius 2 is 2.14 bits per heavy atom. The average Bonchev–Trinajstić information content (AvgIpc) is 2.46. The van der Waals surface area contributed by atoms with E-state index < -0.39 is 0 Å². The zero-order valence-electron chi connectivity index (χ0n) is 14.2. The predicted molar refractivity (Wildman–Crippen MR) is 89.3 cm³/mol. The SMILES string of the molecule is Cc1cc(C)c(C)c(OCCC(=O)NC2CCNCC2C)c1. The summed E-state index contributed by atoms with van der Waals surface area (Å²) < 4.78 is 5.81. The van der Waals surface area contributed by atoms with E-state index in [1.165, 1.54) is 11.1 Å². The zero-order chi connectivity index (χ0) is 16.1. The zero-order valence-corrected chi connectivity index (χ0v) is 14.2. The number of benzene rings is 1. The maximum Gasteiger partial charge on any atom is 0.223 e. The summed E-state index contributed by atoms with van der Waals surface area (Å²) in [7, 11) is 0. The maximum absolute atomic E-state index is 12.1. The molecule has 4 heteroatoms. The second-order valence-corrected chi connectivity index (χ2v) is 6.45. The molecular formula is C18H28N2O2. The van der Waals surface area contributed by atoms with E-state index in [9.17, 15) is 4.79 Å². The van der Waals surface area contributed by atoms with Gasteiger partial charge in [-0.05, 0) is 69.0 Å². The first kappa shape index (κ1) is 16.8. The van der Waals surface area contributed by atoms with Crippen molar-refractivity contribution in [3.05, 3.63) is 28.8 Å². The lowest BCUT2D eigenvalue weighted by atomic mass is 9.95. The number of carbonyl (C=O) groups excluding carboxylic acids is 1. The Kier molecular flexibility index (Phi) is 5.83. The van der Waals surface area contributed by atoms with Crippen molar-refractivity contribution >= 4 is 5.91 Å². The summed E-state index contributed by atoms with van der Waals surface area (Å²) in [6.07, 6.45) is 1.41. The summed E-state index contributed by atoms with van der Waals surface area (Å²) in [5.41, 5.74) is 3.56. The lowest BCUT2D eigenvalue weighted by molar-refractivity contribution is -0.122. The summed E-state index contributed by atoms with van der Waals surface area (Å²) in [4.78, 5) is 12.1. The summed E-state index contributed by atoms with van der Waals surface area (Å²) >= 11 is 0. The Balaban J connectivity index is 1.80. The van der Waals surface area contributed by atoms with Crippen LogP contribution in [0.1, 0.15) is 36.5 Å². The molecule has 0 bridgehead atoms. The van der Waals surface area contributed by atoms with Crippen LogP contribution in [0.4, 0.5) is 0 Å². The van der Waals surface area contributed by atoms with Gasteiger partial charge in [-0.2, -0.15) is 0 Å². The van der Waals surface area contributed by atoms with E-state index in [-0.39, 0.29) is 11.9 Å². The Bertz CT molecular complexity index is 528. The predicted octanol–water partition coefficient (Wildman–Crippen LogP) is 2.49. The Labute approximate surface area is 133 Å². The molecule has 0 aromatic heterocycles. The molecule has 0 radical (unpaired) electrons. The molecule has 2 atom stereocenters. The molecule has 4 nitrogen and oxygen atoms in total. The van der Waals surface area contributed by atoms with Gasteiger partial charge in [-0.15, -0.1) is 0 Å². The smallest absolute Gasteiger partial charge is 0.223 e. The van der Waals surface area contributed by atoms with E-state index in [1.54, 1.807) is 0 Å². The van der Waals surface area contributed by atoms with Crippen LogP contribution in [0.15, 0.2) is 12.1 Å². The third-order valence-electron chi connectivity index (χ3n) is 4.48. The summed E-state index contributed by atoms with van der Waals surface area (Å²) in [6, 6.07) is 4.47. The Hall–Kier alpha value is -1.55. The van der Waals surface area contributed by atoms with Crippen molar-refractivity contribution in [3.8, 4) is 5.75 Å². The number of hydrogen-bond donors (Lipinski definition) is 2. The fourth-order valence-corrected chi connectivity index (χ4v) is 2.91. The second-order valence-electron chi connectivity index (χ2n) is 6.45. The van der Waals surface area contributed by atoms with E-state index >= 15 is 0 Å². The number of ether oxygens (including phenoxy) is 1. The normalized spacial score (nSPS) is 21.5. The minimum absolute atomic E-state index is 0.0841. The first-order valence-corrected chi connectivity index (χ1v) is 8.18. The van der Waals surface area contributed by atoms with Crippen LogP contribution in [-0.4, -0.2) is 31.6 Å². The third-order valence-corrected chi connectivity index (χ3v) is 4.48. The molecule has 1 aromatic rings. The van der Waals surface area contributed by atoms with Crippen LogP contribution in [0.5, 0.6) is 5.75 Å². The topological polar surface area (TPSA) is 50.4 Å². The van der Waals surface area contributed by atoms with Crippen molar-refractivity contribution in [3.63, 3.8) is 0 Å². The van der Waals surface area contributed by atoms with Gasteiger partial charge in [-0.25, -0.2) is 0 Å². The molecule has 22 heavy (non-hydrogen) atoms. The molecule has 0 saturated carbocycles. The van der Waals surface area contributed by atoms with Crippen LogP contribution in [0, 0.1) is 26.7 Å². The molecule has 1 fully saturated rings. The monoisotopic (exact) mass is 304 g/mol. The molecule has 1 heterocycles. The highest BCUT2D eigenvalue weighted by Crippen LogP contribution is 2.23. The van der Waals surface area contributed by atoms with Crippen LogP contribution in [0.3, 0.4) is 0 Å². The fraction of sp³-hybridized carbons (Fsp3) is 0.611. The Morgan fingerprint density at radius 1 is 1.36 bits per heavy atom. The molecule has 2 unspecified atom stereocenters. The number of rotatable bonds is 5. The molecule has 1 aliphatic rings. The van der Waals surface area contributed by atoms with E-state index in [0.29, 0.717) is 18.9 Å². The number of nitrogens with one attached hydrogen (secondary N) is 2. The van der Waals surface area contributed by atoms with Crippen molar-refractivity contribution in [2.24, 2.45) is 5.92 Å². The van der Waals surface area contributed by atoms with Gasteiger partial charge in [-0.1, -0.05) is 13.0 Å². The summed E-state index contributed by atoms with van der Waals surface area (Å²) in [6.45, 7) is 10.8. The van der Waals surface area contributed by atoms with Crippen molar-refractivity contribution in [1.82, 2.24) is 10.6 Å². The van der Waals surface area contributed by atoms with Crippen LogP contribution in [0.2, 0.25) is 0 Å². The van der Waals surface area contributed by atoms with Crippen LogP contribution in [0.25, 0.3) is 0 Å². The second kappa shape index (κ2) is 7.63. The third kappa shape index (κ3) is 4.47. The number of piperidine rings is 1. The number of hydrogen-bond acceptors (Lipinski definition) is 3. The highest BCUT2D eigenvalue weighted by atomic mass is 16.5. The molecule has 1 saturated heterocycles. The number of aryl methyl sites for hydroxylation is 2.